The van der Waals surface area contributed by atoms with E-state index in [-0.39, 0.29) is 5.82 Å². The number of carbonyl (C=O) groups excluding carboxylic acids is 1. The van der Waals surface area contributed by atoms with Crippen LogP contribution in [0.5, 0.6) is 0 Å². The van der Waals surface area contributed by atoms with Gasteiger partial charge in [-0.15, -0.1) is 11.8 Å². The first-order valence-corrected chi connectivity index (χ1v) is 5.49. The van der Waals surface area contributed by atoms with Crippen LogP contribution in [0.4, 0.5) is 4.39 Å². The SMILES string of the molecule is CC(C)CSc1cc(F)cc(C=O)c1. The van der Waals surface area contributed by atoms with Crippen molar-refractivity contribution in [2.24, 2.45) is 5.92 Å². The summed E-state index contributed by atoms with van der Waals surface area (Å²) in [5.41, 5.74) is 0.399. The molecule has 0 unspecified atom stereocenters. The zero-order valence-corrected chi connectivity index (χ0v) is 9.10. The van der Waals surface area contributed by atoms with Crippen LogP contribution in [0, 0.1) is 11.7 Å². The molecule has 0 heterocycles. The minimum Gasteiger partial charge on any atom is -0.298 e. The van der Waals surface area contributed by atoms with Gasteiger partial charge in [-0.2, -0.15) is 0 Å². The lowest BCUT2D eigenvalue weighted by atomic mass is 10.2. The third kappa shape index (κ3) is 3.50. The van der Waals surface area contributed by atoms with E-state index in [1.54, 1.807) is 17.8 Å². The number of rotatable bonds is 4. The molecule has 3 heteroatoms. The Morgan fingerprint density at radius 2 is 2.14 bits per heavy atom. The molecule has 1 aromatic carbocycles. The molecule has 0 radical (unpaired) electrons. The van der Waals surface area contributed by atoms with Crippen molar-refractivity contribution in [3.8, 4) is 0 Å². The van der Waals surface area contributed by atoms with Crippen LogP contribution in [-0.2, 0) is 0 Å². The van der Waals surface area contributed by atoms with Gasteiger partial charge in [-0.25, -0.2) is 4.39 Å². The fourth-order valence-electron chi connectivity index (χ4n) is 0.999. The highest BCUT2D eigenvalue weighted by Gasteiger charge is 2.02. The number of hydrogen-bond donors (Lipinski definition) is 0. The van der Waals surface area contributed by atoms with E-state index in [0.717, 1.165) is 10.6 Å². The molecule has 0 saturated carbocycles. The lowest BCUT2D eigenvalue weighted by molar-refractivity contribution is 0.112. The van der Waals surface area contributed by atoms with E-state index in [4.69, 9.17) is 0 Å². The topological polar surface area (TPSA) is 17.1 Å². The van der Waals surface area contributed by atoms with Crippen molar-refractivity contribution in [1.82, 2.24) is 0 Å². The lowest BCUT2D eigenvalue weighted by Crippen LogP contribution is -1.91. The second kappa shape index (κ2) is 5.15. The van der Waals surface area contributed by atoms with E-state index in [9.17, 15) is 9.18 Å². The van der Waals surface area contributed by atoms with Gasteiger partial charge in [0.2, 0.25) is 0 Å². The molecular formula is C11H13FOS. The van der Waals surface area contributed by atoms with Gasteiger partial charge in [0.05, 0.1) is 0 Å². The number of benzene rings is 1. The van der Waals surface area contributed by atoms with Crippen LogP contribution in [0.25, 0.3) is 0 Å². The molecule has 0 saturated heterocycles. The summed E-state index contributed by atoms with van der Waals surface area (Å²) in [6.45, 7) is 4.21. The van der Waals surface area contributed by atoms with Gasteiger partial charge in [0.1, 0.15) is 12.1 Å². The van der Waals surface area contributed by atoms with Gasteiger partial charge in [0.15, 0.2) is 0 Å². The Morgan fingerprint density at radius 1 is 1.43 bits per heavy atom. The minimum atomic E-state index is -0.346. The van der Waals surface area contributed by atoms with Gasteiger partial charge in [-0.05, 0) is 24.1 Å². The first kappa shape index (κ1) is 11.2. The average Bonchev–Trinajstić information content (AvgIpc) is 2.14. The van der Waals surface area contributed by atoms with Crippen molar-refractivity contribution in [1.29, 1.82) is 0 Å². The third-order valence-electron chi connectivity index (χ3n) is 1.61. The predicted octanol–water partition coefficient (Wildman–Crippen LogP) is 3.39. The molecule has 1 nitrogen and oxygen atoms in total. The Labute approximate surface area is 87.7 Å². The maximum absolute atomic E-state index is 13.0. The van der Waals surface area contributed by atoms with Crippen LogP contribution >= 0.6 is 11.8 Å². The van der Waals surface area contributed by atoms with Crippen molar-refractivity contribution in [3.05, 3.63) is 29.6 Å². The summed E-state index contributed by atoms with van der Waals surface area (Å²) in [5, 5.41) is 0. The maximum atomic E-state index is 13.0. The summed E-state index contributed by atoms with van der Waals surface area (Å²) in [5.74, 6) is 1.14. The number of carbonyl (C=O) groups is 1. The minimum absolute atomic E-state index is 0.346. The molecule has 0 amide bonds. The molecule has 1 aromatic rings. The molecular weight excluding hydrogens is 199 g/mol. The number of thioether (sulfide) groups is 1. The van der Waals surface area contributed by atoms with E-state index in [2.05, 4.69) is 13.8 Å². The van der Waals surface area contributed by atoms with E-state index < -0.39 is 0 Å². The highest BCUT2D eigenvalue weighted by molar-refractivity contribution is 7.99. The zero-order valence-electron chi connectivity index (χ0n) is 8.29. The van der Waals surface area contributed by atoms with Crippen LogP contribution < -0.4 is 0 Å². The summed E-state index contributed by atoms with van der Waals surface area (Å²) < 4.78 is 13.0. The monoisotopic (exact) mass is 212 g/mol. The summed E-state index contributed by atoms with van der Waals surface area (Å²) in [6.07, 6.45) is 0.669. The van der Waals surface area contributed by atoms with Gasteiger partial charge in [-0.1, -0.05) is 13.8 Å². The highest BCUT2D eigenvalue weighted by atomic mass is 32.2. The van der Waals surface area contributed by atoms with Crippen LogP contribution in [0.3, 0.4) is 0 Å². The number of aldehydes is 1. The largest absolute Gasteiger partial charge is 0.298 e. The number of halogens is 1. The van der Waals surface area contributed by atoms with E-state index in [0.29, 0.717) is 17.8 Å². The number of hydrogen-bond acceptors (Lipinski definition) is 2. The molecule has 0 aliphatic carbocycles. The first-order chi connectivity index (χ1) is 6.61. The Bertz CT molecular complexity index is 323. The zero-order chi connectivity index (χ0) is 10.6. The molecule has 0 aliphatic heterocycles. The molecule has 0 aromatic heterocycles. The van der Waals surface area contributed by atoms with Crippen LogP contribution in [-0.4, -0.2) is 12.0 Å². The molecule has 1 rings (SSSR count). The molecule has 14 heavy (non-hydrogen) atoms. The Hall–Kier alpha value is -0.830. The standard InChI is InChI=1S/C11H13FOS/c1-8(2)7-14-11-4-9(6-13)3-10(12)5-11/h3-6,8H,7H2,1-2H3. The Kier molecular flexibility index (Phi) is 4.14. The van der Waals surface area contributed by atoms with Crippen molar-refractivity contribution >= 4 is 18.0 Å². The van der Waals surface area contributed by atoms with E-state index in [1.807, 2.05) is 0 Å². The van der Waals surface area contributed by atoms with Crippen molar-refractivity contribution in [2.45, 2.75) is 18.7 Å². The first-order valence-electron chi connectivity index (χ1n) is 4.50. The maximum Gasteiger partial charge on any atom is 0.150 e. The van der Waals surface area contributed by atoms with Crippen molar-refractivity contribution in [2.75, 3.05) is 5.75 Å². The van der Waals surface area contributed by atoms with E-state index >= 15 is 0 Å². The fraction of sp³-hybridized carbons (Fsp3) is 0.364. The molecule has 0 bridgehead atoms. The average molecular weight is 212 g/mol. The molecule has 0 aliphatic rings. The quantitative estimate of drug-likeness (QED) is 0.562. The van der Waals surface area contributed by atoms with Crippen LogP contribution in [0.2, 0.25) is 0 Å². The fourth-order valence-corrected chi connectivity index (χ4v) is 1.94. The molecule has 76 valence electrons. The Balaban J connectivity index is 2.76. The lowest BCUT2D eigenvalue weighted by Gasteiger charge is -2.05. The summed E-state index contributed by atoms with van der Waals surface area (Å²) in [4.78, 5) is 11.3. The predicted molar refractivity (Wildman–Crippen MR) is 57.3 cm³/mol. The Morgan fingerprint density at radius 3 is 2.71 bits per heavy atom. The van der Waals surface area contributed by atoms with Gasteiger partial charge >= 0.3 is 0 Å². The molecule has 0 spiro atoms. The van der Waals surface area contributed by atoms with Gasteiger partial charge < -0.3 is 0 Å². The smallest absolute Gasteiger partial charge is 0.150 e. The van der Waals surface area contributed by atoms with Crippen LogP contribution in [0.1, 0.15) is 24.2 Å². The third-order valence-corrected chi connectivity index (χ3v) is 3.02. The molecule has 0 fully saturated rings. The summed E-state index contributed by atoms with van der Waals surface area (Å²) in [7, 11) is 0. The van der Waals surface area contributed by atoms with Crippen molar-refractivity contribution in [3.63, 3.8) is 0 Å². The van der Waals surface area contributed by atoms with Gasteiger partial charge in [0.25, 0.3) is 0 Å². The second-order valence-corrected chi connectivity index (χ2v) is 4.64. The molecule has 0 atom stereocenters. The van der Waals surface area contributed by atoms with Gasteiger partial charge in [-0.3, -0.25) is 4.79 Å². The molecule has 0 N–H and O–H groups in total. The van der Waals surface area contributed by atoms with E-state index in [1.165, 1.54) is 12.1 Å². The summed E-state index contributed by atoms with van der Waals surface area (Å²) in [6, 6.07) is 4.41. The van der Waals surface area contributed by atoms with Crippen molar-refractivity contribution < 1.29 is 9.18 Å². The van der Waals surface area contributed by atoms with Crippen LogP contribution in [0.15, 0.2) is 23.1 Å². The highest BCUT2D eigenvalue weighted by Crippen LogP contribution is 2.22. The summed E-state index contributed by atoms with van der Waals surface area (Å²) >= 11 is 1.57. The second-order valence-electron chi connectivity index (χ2n) is 3.54. The van der Waals surface area contributed by atoms with Gasteiger partial charge in [0, 0.05) is 16.2 Å². The normalized spacial score (nSPS) is 10.6.